The van der Waals surface area contributed by atoms with Crippen molar-refractivity contribution >= 4 is 17.5 Å². The first-order valence-electron chi connectivity index (χ1n) is 13.9. The number of carbonyl (C=O) groups is 2. The van der Waals surface area contributed by atoms with Crippen molar-refractivity contribution in [3.63, 3.8) is 0 Å². The number of amides is 2. The van der Waals surface area contributed by atoms with Gasteiger partial charge >= 0.3 is 0 Å². The quantitative estimate of drug-likeness (QED) is 0.430. The molecule has 6 rings (SSSR count). The number of fused-ring (bicyclic) bond motifs is 2. The highest BCUT2D eigenvalue weighted by Crippen LogP contribution is 2.38. The standard InChI is InChI=1S/C31H35N3O6/c1-4-31(2,3)22-6-9-25-24(16-22)34(29(35)19-37-25)18-23-7-10-27(40-23)30(36)33-13-11-32(12-14-33)17-21-5-8-26-28(15-21)39-20-38-26/h5-10,15-16H,4,11-14,17-20H2,1-3H3. The fraction of sp³-hybridized carbons (Fsp3) is 0.419. The average molecular weight is 546 g/mol. The first-order valence-corrected chi connectivity index (χ1v) is 13.9. The van der Waals surface area contributed by atoms with Gasteiger partial charge in [-0.15, -0.1) is 0 Å². The van der Waals surface area contributed by atoms with Gasteiger partial charge in [0.05, 0.1) is 12.2 Å². The Hall–Kier alpha value is -3.98. The predicted octanol–water partition coefficient (Wildman–Crippen LogP) is 4.58. The maximum atomic E-state index is 13.2. The Kier molecular flexibility index (Phi) is 6.92. The van der Waals surface area contributed by atoms with Gasteiger partial charge < -0.3 is 23.5 Å². The van der Waals surface area contributed by atoms with Gasteiger partial charge in [-0.1, -0.05) is 32.9 Å². The predicted molar refractivity (Wildman–Crippen MR) is 149 cm³/mol. The van der Waals surface area contributed by atoms with Crippen molar-refractivity contribution in [3.05, 3.63) is 71.2 Å². The van der Waals surface area contributed by atoms with Crippen LogP contribution in [0.4, 0.5) is 5.69 Å². The Morgan fingerprint density at radius 3 is 2.45 bits per heavy atom. The van der Waals surface area contributed by atoms with E-state index in [-0.39, 0.29) is 37.2 Å². The van der Waals surface area contributed by atoms with Crippen LogP contribution in [0.2, 0.25) is 0 Å². The van der Waals surface area contributed by atoms with Crippen LogP contribution >= 0.6 is 0 Å². The van der Waals surface area contributed by atoms with Crippen molar-refractivity contribution in [1.82, 2.24) is 9.80 Å². The summed E-state index contributed by atoms with van der Waals surface area (Å²) < 4.78 is 22.6. The third-order valence-corrected chi connectivity index (χ3v) is 8.26. The normalized spacial score (nSPS) is 17.1. The van der Waals surface area contributed by atoms with Crippen molar-refractivity contribution in [2.75, 3.05) is 44.5 Å². The lowest BCUT2D eigenvalue weighted by atomic mass is 9.82. The SMILES string of the molecule is CCC(C)(C)c1ccc2c(c1)N(Cc1ccc(C(=O)N3CCN(Cc4ccc5c(c4)OCO5)CC3)o1)C(=O)CO2. The molecule has 3 aliphatic heterocycles. The van der Waals surface area contributed by atoms with Crippen LogP contribution in [0.25, 0.3) is 0 Å². The molecule has 1 aromatic heterocycles. The van der Waals surface area contributed by atoms with Gasteiger partial charge in [-0.2, -0.15) is 0 Å². The molecule has 1 fully saturated rings. The summed E-state index contributed by atoms with van der Waals surface area (Å²) in [7, 11) is 0. The first-order chi connectivity index (χ1) is 19.3. The zero-order valence-electron chi connectivity index (χ0n) is 23.3. The summed E-state index contributed by atoms with van der Waals surface area (Å²) in [6.07, 6.45) is 0.969. The van der Waals surface area contributed by atoms with Gasteiger partial charge in [0.25, 0.3) is 11.8 Å². The molecule has 0 radical (unpaired) electrons. The van der Waals surface area contributed by atoms with Gasteiger partial charge in [0.1, 0.15) is 11.5 Å². The van der Waals surface area contributed by atoms with Crippen LogP contribution in [0.15, 0.2) is 52.9 Å². The van der Waals surface area contributed by atoms with E-state index in [0.717, 1.165) is 54.4 Å². The molecule has 0 atom stereocenters. The van der Waals surface area contributed by atoms with Crippen LogP contribution in [-0.4, -0.2) is 61.2 Å². The Bertz CT molecular complexity index is 1420. The van der Waals surface area contributed by atoms with Crippen LogP contribution in [0.3, 0.4) is 0 Å². The molecule has 210 valence electrons. The zero-order chi connectivity index (χ0) is 27.9. The lowest BCUT2D eigenvalue weighted by molar-refractivity contribution is -0.121. The van der Waals surface area contributed by atoms with Crippen molar-refractivity contribution in [2.45, 2.75) is 45.7 Å². The fourth-order valence-corrected chi connectivity index (χ4v) is 5.30. The van der Waals surface area contributed by atoms with Crippen LogP contribution in [0.1, 0.15) is 54.6 Å². The molecular weight excluding hydrogens is 510 g/mol. The maximum Gasteiger partial charge on any atom is 0.289 e. The monoisotopic (exact) mass is 545 g/mol. The molecule has 4 heterocycles. The number of nitrogens with zero attached hydrogens (tertiary/aromatic N) is 3. The third kappa shape index (κ3) is 5.13. The van der Waals surface area contributed by atoms with E-state index in [1.807, 2.05) is 29.2 Å². The van der Waals surface area contributed by atoms with Crippen LogP contribution in [-0.2, 0) is 23.3 Å². The van der Waals surface area contributed by atoms with Gasteiger partial charge in [-0.25, -0.2) is 0 Å². The van der Waals surface area contributed by atoms with Gasteiger partial charge in [-0.05, 0) is 59.4 Å². The third-order valence-electron chi connectivity index (χ3n) is 8.26. The lowest BCUT2D eigenvalue weighted by Crippen LogP contribution is -2.48. The van der Waals surface area contributed by atoms with E-state index < -0.39 is 0 Å². The minimum atomic E-state index is -0.137. The molecule has 9 heteroatoms. The summed E-state index contributed by atoms with van der Waals surface area (Å²) in [5, 5.41) is 0. The zero-order valence-corrected chi connectivity index (χ0v) is 23.3. The molecule has 0 unspecified atom stereocenters. The van der Waals surface area contributed by atoms with E-state index in [4.69, 9.17) is 18.6 Å². The number of rotatable bonds is 7. The number of hydrogen-bond acceptors (Lipinski definition) is 7. The summed E-state index contributed by atoms with van der Waals surface area (Å²) in [4.78, 5) is 31.9. The van der Waals surface area contributed by atoms with Crippen LogP contribution < -0.4 is 19.1 Å². The van der Waals surface area contributed by atoms with Crippen molar-refractivity contribution in [1.29, 1.82) is 0 Å². The van der Waals surface area contributed by atoms with Crippen LogP contribution in [0.5, 0.6) is 17.2 Å². The first kappa shape index (κ1) is 26.3. The van der Waals surface area contributed by atoms with Crippen LogP contribution in [0, 0.1) is 0 Å². The van der Waals surface area contributed by atoms with E-state index in [1.165, 1.54) is 0 Å². The second kappa shape index (κ2) is 10.5. The number of furan rings is 1. The summed E-state index contributed by atoms with van der Waals surface area (Å²) >= 11 is 0. The highest BCUT2D eigenvalue weighted by atomic mass is 16.7. The Morgan fingerprint density at radius 2 is 1.65 bits per heavy atom. The fourth-order valence-electron chi connectivity index (χ4n) is 5.30. The van der Waals surface area contributed by atoms with E-state index in [0.29, 0.717) is 30.4 Å². The lowest BCUT2D eigenvalue weighted by Gasteiger charge is -2.34. The van der Waals surface area contributed by atoms with Gasteiger partial charge in [0.15, 0.2) is 23.9 Å². The molecule has 1 saturated heterocycles. The number of piperazine rings is 1. The molecule has 0 N–H and O–H groups in total. The molecule has 0 saturated carbocycles. The number of benzene rings is 2. The molecule has 3 aliphatic rings. The van der Waals surface area contributed by atoms with E-state index in [9.17, 15) is 9.59 Å². The topological polar surface area (TPSA) is 84.7 Å². The summed E-state index contributed by atoms with van der Waals surface area (Å²) in [6, 6.07) is 15.5. The largest absolute Gasteiger partial charge is 0.482 e. The molecule has 9 nitrogen and oxygen atoms in total. The Balaban J connectivity index is 1.09. The molecule has 3 aromatic rings. The Labute approximate surface area is 234 Å². The smallest absolute Gasteiger partial charge is 0.289 e. The second-order valence-electron chi connectivity index (χ2n) is 11.2. The highest BCUT2D eigenvalue weighted by Gasteiger charge is 2.30. The molecule has 0 bridgehead atoms. The number of ether oxygens (including phenoxy) is 3. The van der Waals surface area contributed by atoms with Gasteiger partial charge in [-0.3, -0.25) is 19.4 Å². The molecule has 40 heavy (non-hydrogen) atoms. The molecule has 2 aromatic carbocycles. The van der Waals surface area contributed by atoms with Crippen molar-refractivity contribution in [2.24, 2.45) is 0 Å². The second-order valence-corrected chi connectivity index (χ2v) is 11.2. The summed E-state index contributed by atoms with van der Waals surface area (Å²) in [5.41, 5.74) is 3.01. The highest BCUT2D eigenvalue weighted by molar-refractivity contribution is 5.98. The minimum absolute atomic E-state index is 0.0213. The summed E-state index contributed by atoms with van der Waals surface area (Å²) in [6.45, 7) is 10.6. The van der Waals surface area contributed by atoms with Gasteiger partial charge in [0.2, 0.25) is 6.79 Å². The minimum Gasteiger partial charge on any atom is -0.482 e. The average Bonchev–Trinajstić information content (AvgIpc) is 3.64. The van der Waals surface area contributed by atoms with E-state index >= 15 is 0 Å². The molecular formula is C31H35N3O6. The van der Waals surface area contributed by atoms with Crippen molar-refractivity contribution in [3.8, 4) is 17.2 Å². The number of anilines is 1. The van der Waals surface area contributed by atoms with E-state index in [2.05, 4.69) is 37.8 Å². The molecule has 0 spiro atoms. The van der Waals surface area contributed by atoms with Gasteiger partial charge in [0, 0.05) is 32.7 Å². The molecule has 0 aliphatic carbocycles. The van der Waals surface area contributed by atoms with E-state index in [1.54, 1.807) is 17.0 Å². The maximum absolute atomic E-state index is 13.2. The Morgan fingerprint density at radius 1 is 0.875 bits per heavy atom. The molecule has 2 amide bonds. The number of hydrogen-bond donors (Lipinski definition) is 0. The number of carbonyl (C=O) groups excluding carboxylic acids is 2. The summed E-state index contributed by atoms with van der Waals surface area (Å²) in [5.74, 6) is 2.83. The van der Waals surface area contributed by atoms with Crippen molar-refractivity contribution < 1.29 is 28.2 Å².